The highest BCUT2D eigenvalue weighted by molar-refractivity contribution is 7.14. The monoisotopic (exact) mass is 175 g/mol. The summed E-state index contributed by atoms with van der Waals surface area (Å²) < 4.78 is 0.813. The van der Waals surface area contributed by atoms with Crippen LogP contribution < -0.4 is 0 Å². The first-order chi connectivity index (χ1) is 4.52. The molecule has 0 N–H and O–H groups in total. The first-order valence-electron chi connectivity index (χ1n) is 3.11. The molecule has 0 saturated heterocycles. The van der Waals surface area contributed by atoms with Gasteiger partial charge in [-0.05, 0) is 0 Å². The van der Waals surface area contributed by atoms with Gasteiger partial charge in [0.05, 0.1) is 11.2 Å². The molecule has 0 amide bonds. The quantitative estimate of drug-likeness (QED) is 0.591. The molecule has 1 heterocycles. The summed E-state index contributed by atoms with van der Waals surface area (Å²) in [6.45, 7) is 6.32. The number of aromatic nitrogens is 1. The molecule has 3 heteroatoms. The van der Waals surface area contributed by atoms with Crippen LogP contribution in [-0.4, -0.2) is 4.98 Å². The molecular formula is C7H10ClNS. The molecule has 1 nitrogen and oxygen atoms in total. The number of nitrogens with zero attached hydrogens (tertiary/aromatic N) is 1. The highest BCUT2D eigenvalue weighted by Crippen LogP contribution is 2.30. The molecule has 1 aromatic heterocycles. The molecule has 0 aliphatic carbocycles. The summed E-state index contributed by atoms with van der Waals surface area (Å²) in [5.41, 5.74) is 2.86. The van der Waals surface area contributed by atoms with Crippen LogP contribution in [0.2, 0.25) is 4.34 Å². The normalized spacial score (nSPS) is 12.0. The Labute approximate surface area is 70.1 Å². The maximum atomic E-state index is 5.88. The van der Waals surface area contributed by atoms with E-state index in [0.717, 1.165) is 10.0 Å². The Balaban J connectivity index is 3.05. The molecule has 0 aliphatic heterocycles. The van der Waals surface area contributed by atoms with E-state index in [-0.39, 0.29) is 5.41 Å². The van der Waals surface area contributed by atoms with Gasteiger partial charge in [-0.3, -0.25) is 0 Å². The van der Waals surface area contributed by atoms with Crippen LogP contribution in [0.5, 0.6) is 0 Å². The minimum absolute atomic E-state index is 0.0804. The fourth-order valence-corrected chi connectivity index (χ4v) is 1.89. The Bertz CT molecular complexity index is 224. The van der Waals surface area contributed by atoms with Crippen molar-refractivity contribution in [1.82, 2.24) is 4.98 Å². The molecule has 1 rings (SSSR count). The predicted molar refractivity (Wildman–Crippen MR) is 45.8 cm³/mol. The van der Waals surface area contributed by atoms with Crippen molar-refractivity contribution in [3.8, 4) is 0 Å². The Kier molecular flexibility index (Phi) is 2.02. The average Bonchev–Trinajstić information content (AvgIpc) is 2.11. The van der Waals surface area contributed by atoms with Crippen molar-refractivity contribution in [3.63, 3.8) is 0 Å². The molecule has 10 heavy (non-hydrogen) atoms. The Morgan fingerprint density at radius 2 is 2.10 bits per heavy atom. The fourth-order valence-electron chi connectivity index (χ4n) is 0.720. The molecule has 0 saturated carbocycles. The first-order valence-corrected chi connectivity index (χ1v) is 4.37. The second kappa shape index (κ2) is 2.51. The Hall–Kier alpha value is -0.0800. The topological polar surface area (TPSA) is 12.9 Å². The lowest BCUT2D eigenvalue weighted by Crippen LogP contribution is -2.11. The second-order valence-electron chi connectivity index (χ2n) is 3.22. The van der Waals surface area contributed by atoms with Gasteiger partial charge in [-0.15, -0.1) is 11.3 Å². The van der Waals surface area contributed by atoms with E-state index in [1.165, 1.54) is 11.3 Å². The number of halogens is 1. The average molecular weight is 176 g/mol. The Morgan fingerprint density at radius 1 is 1.50 bits per heavy atom. The molecule has 0 aliphatic rings. The summed E-state index contributed by atoms with van der Waals surface area (Å²) in [6, 6.07) is 0. The van der Waals surface area contributed by atoms with Gasteiger partial charge in [0.2, 0.25) is 0 Å². The number of hydrogen-bond donors (Lipinski definition) is 0. The van der Waals surface area contributed by atoms with Crippen LogP contribution >= 0.6 is 22.9 Å². The summed E-state index contributed by atoms with van der Waals surface area (Å²) in [5.74, 6) is 0. The minimum Gasteiger partial charge on any atom is -0.248 e. The van der Waals surface area contributed by atoms with E-state index in [9.17, 15) is 0 Å². The summed E-state index contributed by atoms with van der Waals surface area (Å²) in [5, 5.41) is 0. The highest BCUT2D eigenvalue weighted by Gasteiger charge is 2.19. The molecule has 0 bridgehead atoms. The van der Waals surface area contributed by atoms with Crippen molar-refractivity contribution in [2.45, 2.75) is 26.2 Å². The van der Waals surface area contributed by atoms with Crippen LogP contribution in [0.3, 0.4) is 0 Å². The van der Waals surface area contributed by atoms with E-state index in [4.69, 9.17) is 11.6 Å². The Morgan fingerprint density at radius 3 is 2.30 bits per heavy atom. The number of rotatable bonds is 0. The minimum atomic E-state index is 0.0804. The van der Waals surface area contributed by atoms with Crippen molar-refractivity contribution in [3.05, 3.63) is 15.5 Å². The molecule has 0 fully saturated rings. The molecule has 0 aromatic carbocycles. The van der Waals surface area contributed by atoms with Crippen molar-refractivity contribution < 1.29 is 0 Å². The zero-order chi connectivity index (χ0) is 7.78. The van der Waals surface area contributed by atoms with Crippen LogP contribution in [0, 0.1) is 0 Å². The summed E-state index contributed by atoms with van der Waals surface area (Å²) in [7, 11) is 0. The second-order valence-corrected chi connectivity index (χ2v) is 4.68. The van der Waals surface area contributed by atoms with E-state index in [1.807, 2.05) is 0 Å². The third-order valence-electron chi connectivity index (χ3n) is 1.23. The first kappa shape index (κ1) is 8.02. The number of hydrogen-bond acceptors (Lipinski definition) is 2. The van der Waals surface area contributed by atoms with Crippen molar-refractivity contribution in [2.24, 2.45) is 0 Å². The largest absolute Gasteiger partial charge is 0.248 e. The molecule has 0 atom stereocenters. The predicted octanol–water partition coefficient (Wildman–Crippen LogP) is 3.09. The zero-order valence-electron chi connectivity index (χ0n) is 6.31. The van der Waals surface area contributed by atoms with Crippen molar-refractivity contribution in [2.75, 3.05) is 0 Å². The smallest absolute Gasteiger partial charge is 0.116 e. The maximum absolute atomic E-state index is 5.88. The van der Waals surface area contributed by atoms with Gasteiger partial charge in [-0.25, -0.2) is 4.98 Å². The molecule has 0 unspecified atom stereocenters. The van der Waals surface area contributed by atoms with E-state index >= 15 is 0 Å². The molecule has 1 aromatic rings. The van der Waals surface area contributed by atoms with Crippen LogP contribution in [0.15, 0.2) is 5.51 Å². The van der Waals surface area contributed by atoms with Gasteiger partial charge in [0, 0.05) is 5.41 Å². The van der Waals surface area contributed by atoms with Gasteiger partial charge in [0.15, 0.2) is 0 Å². The van der Waals surface area contributed by atoms with Crippen molar-refractivity contribution >= 4 is 22.9 Å². The SMILES string of the molecule is CC(C)(C)c1ncsc1Cl. The van der Waals surface area contributed by atoms with Crippen LogP contribution in [0.1, 0.15) is 26.5 Å². The molecule has 56 valence electrons. The molecule has 0 spiro atoms. The van der Waals surface area contributed by atoms with Gasteiger partial charge in [0.25, 0.3) is 0 Å². The number of thiazole rings is 1. The van der Waals surface area contributed by atoms with E-state index in [0.29, 0.717) is 0 Å². The van der Waals surface area contributed by atoms with Gasteiger partial charge in [0.1, 0.15) is 4.34 Å². The highest BCUT2D eigenvalue weighted by atomic mass is 35.5. The van der Waals surface area contributed by atoms with Gasteiger partial charge in [-0.1, -0.05) is 32.4 Å². The molecule has 0 radical (unpaired) electrons. The summed E-state index contributed by atoms with van der Waals surface area (Å²) >= 11 is 7.37. The molecular weight excluding hydrogens is 166 g/mol. The third kappa shape index (κ3) is 1.50. The van der Waals surface area contributed by atoms with E-state index in [1.54, 1.807) is 5.51 Å². The van der Waals surface area contributed by atoms with Crippen LogP contribution in [0.25, 0.3) is 0 Å². The van der Waals surface area contributed by atoms with E-state index in [2.05, 4.69) is 25.8 Å². The fraction of sp³-hybridized carbons (Fsp3) is 0.571. The lowest BCUT2D eigenvalue weighted by atomic mass is 9.93. The van der Waals surface area contributed by atoms with Crippen molar-refractivity contribution in [1.29, 1.82) is 0 Å². The van der Waals surface area contributed by atoms with E-state index < -0.39 is 0 Å². The third-order valence-corrected chi connectivity index (χ3v) is 2.29. The maximum Gasteiger partial charge on any atom is 0.116 e. The lowest BCUT2D eigenvalue weighted by molar-refractivity contribution is 0.573. The summed E-state index contributed by atoms with van der Waals surface area (Å²) in [6.07, 6.45) is 0. The standard InChI is InChI=1S/C7H10ClNS/c1-7(2,3)5-6(8)10-4-9-5/h4H,1-3H3. The van der Waals surface area contributed by atoms with Gasteiger partial charge >= 0.3 is 0 Å². The zero-order valence-corrected chi connectivity index (χ0v) is 7.88. The lowest BCUT2D eigenvalue weighted by Gasteiger charge is -2.14. The van der Waals surface area contributed by atoms with Crippen LogP contribution in [0.4, 0.5) is 0 Å². The van der Waals surface area contributed by atoms with Gasteiger partial charge < -0.3 is 0 Å². The van der Waals surface area contributed by atoms with Crippen LogP contribution in [-0.2, 0) is 5.41 Å². The summed E-state index contributed by atoms with van der Waals surface area (Å²) in [4.78, 5) is 4.17. The van der Waals surface area contributed by atoms with Gasteiger partial charge in [-0.2, -0.15) is 0 Å².